The van der Waals surface area contributed by atoms with E-state index in [0.717, 1.165) is 35.6 Å². The van der Waals surface area contributed by atoms with Crippen LogP contribution in [-0.4, -0.2) is 25.4 Å². The van der Waals surface area contributed by atoms with E-state index in [2.05, 4.69) is 5.32 Å². The van der Waals surface area contributed by atoms with Crippen molar-refractivity contribution in [1.82, 2.24) is 0 Å². The van der Waals surface area contributed by atoms with Crippen molar-refractivity contribution in [2.45, 2.75) is 38.8 Å². The summed E-state index contributed by atoms with van der Waals surface area (Å²) in [4.78, 5) is 22.9. The zero-order chi connectivity index (χ0) is 20.4. The van der Waals surface area contributed by atoms with E-state index in [0.29, 0.717) is 6.29 Å². The molecule has 2 rings (SSSR count). The average Bonchev–Trinajstić information content (AvgIpc) is 2.99. The zero-order valence-electron chi connectivity index (χ0n) is 15.2. The lowest BCUT2D eigenvalue weighted by atomic mass is 9.95. The van der Waals surface area contributed by atoms with Crippen LogP contribution in [0.25, 0.3) is 0 Å². The normalized spacial score (nSPS) is 14.6. The number of carbonyl (C=O) groups excluding carboxylic acids is 2. The fourth-order valence-corrected chi connectivity index (χ4v) is 3.85. The number of primary amides is 1. The van der Waals surface area contributed by atoms with E-state index in [9.17, 15) is 22.8 Å². The molecule has 1 aromatic heterocycles. The summed E-state index contributed by atoms with van der Waals surface area (Å²) in [6, 6.07) is 0. The van der Waals surface area contributed by atoms with Gasteiger partial charge < -0.3 is 11.1 Å². The lowest BCUT2D eigenvalue weighted by Gasteiger charge is -2.10. The number of nitrogens with one attached hydrogen (secondary N) is 1. The summed E-state index contributed by atoms with van der Waals surface area (Å²) in [5, 5.41) is 3.99. The molecule has 0 aliphatic heterocycles. The smallest absolute Gasteiger partial charge is 0.379 e. The highest BCUT2D eigenvalue weighted by atomic mass is 32.1. The van der Waals surface area contributed by atoms with Gasteiger partial charge in [-0.15, -0.1) is 11.3 Å². The molecule has 0 fully saturated rings. The molecule has 0 saturated carbocycles. The number of rotatable bonds is 5. The van der Waals surface area contributed by atoms with Crippen LogP contribution in [0.5, 0.6) is 0 Å². The lowest BCUT2D eigenvalue weighted by molar-refractivity contribution is -0.104. The maximum absolute atomic E-state index is 11.6. The van der Waals surface area contributed by atoms with Gasteiger partial charge in [-0.1, -0.05) is 24.3 Å². The molecule has 0 bridgehead atoms. The number of amides is 1. The van der Waals surface area contributed by atoms with Gasteiger partial charge in [0.1, 0.15) is 11.3 Å². The van der Waals surface area contributed by atoms with Crippen LogP contribution >= 0.6 is 11.3 Å². The second-order valence-corrected chi connectivity index (χ2v) is 6.82. The number of allylic oxidation sites excluding steroid dienone is 6. The van der Waals surface area contributed by atoms with Gasteiger partial charge in [-0.3, -0.25) is 9.59 Å². The third-order valence-corrected chi connectivity index (χ3v) is 5.02. The number of halogens is 3. The highest BCUT2D eigenvalue weighted by Gasteiger charge is 2.23. The van der Waals surface area contributed by atoms with E-state index < -0.39 is 6.18 Å². The molecular formula is C19H23F3N2O2S. The molecule has 1 aliphatic carbocycles. The number of anilines is 1. The van der Waals surface area contributed by atoms with E-state index in [-0.39, 0.29) is 17.6 Å². The topological polar surface area (TPSA) is 72.2 Å². The lowest BCUT2D eigenvalue weighted by Crippen LogP contribution is -2.15. The second kappa shape index (κ2) is 10.7. The molecule has 0 radical (unpaired) electrons. The summed E-state index contributed by atoms with van der Waals surface area (Å²) in [7, 11) is 1.84. The summed E-state index contributed by atoms with van der Waals surface area (Å²) < 4.78 is 34.7. The molecule has 1 aliphatic rings. The number of carbonyl (C=O) groups is 2. The number of thiophene rings is 1. The molecule has 4 nitrogen and oxygen atoms in total. The molecule has 27 heavy (non-hydrogen) atoms. The number of hydrogen-bond acceptors (Lipinski definition) is 4. The molecule has 0 atom stereocenters. The van der Waals surface area contributed by atoms with Gasteiger partial charge in [-0.05, 0) is 38.2 Å². The number of alkyl halides is 3. The van der Waals surface area contributed by atoms with Gasteiger partial charge in [0.15, 0.2) is 0 Å². The third-order valence-electron chi connectivity index (χ3n) is 3.71. The summed E-state index contributed by atoms with van der Waals surface area (Å²) in [6.07, 6.45) is 5.62. The maximum Gasteiger partial charge on any atom is 0.409 e. The largest absolute Gasteiger partial charge is 0.409 e. The molecular weight excluding hydrogens is 377 g/mol. The van der Waals surface area contributed by atoms with Crippen LogP contribution in [0.15, 0.2) is 36.0 Å². The first-order chi connectivity index (χ1) is 12.7. The second-order valence-electron chi connectivity index (χ2n) is 5.71. The molecule has 1 heterocycles. The van der Waals surface area contributed by atoms with Crippen molar-refractivity contribution in [2.24, 2.45) is 5.73 Å². The number of hydrogen-bond donors (Lipinski definition) is 2. The summed E-state index contributed by atoms with van der Waals surface area (Å²) >= 11 is 1.68. The Balaban J connectivity index is 0.000000271. The maximum atomic E-state index is 11.6. The van der Waals surface area contributed by atoms with Gasteiger partial charge in [-0.2, -0.15) is 13.2 Å². The first kappa shape index (κ1) is 22.7. The first-order valence-corrected chi connectivity index (χ1v) is 9.21. The summed E-state index contributed by atoms with van der Waals surface area (Å²) in [5.74, 6) is -0.297. The van der Waals surface area contributed by atoms with Crippen LogP contribution in [0.1, 0.15) is 40.6 Å². The Kier molecular flexibility index (Phi) is 9.00. The predicted octanol–water partition coefficient (Wildman–Crippen LogP) is 4.57. The van der Waals surface area contributed by atoms with Crippen molar-refractivity contribution < 1.29 is 22.8 Å². The summed E-state index contributed by atoms with van der Waals surface area (Å²) in [6.45, 7) is 1.67. The van der Waals surface area contributed by atoms with Crippen molar-refractivity contribution >= 4 is 28.5 Å². The molecule has 0 unspecified atom stereocenters. The predicted molar refractivity (Wildman–Crippen MR) is 103 cm³/mol. The van der Waals surface area contributed by atoms with Crippen molar-refractivity contribution in [2.75, 3.05) is 12.4 Å². The first-order valence-electron chi connectivity index (χ1n) is 8.39. The fraction of sp³-hybridized carbons (Fsp3) is 0.368. The van der Waals surface area contributed by atoms with Crippen LogP contribution < -0.4 is 11.1 Å². The van der Waals surface area contributed by atoms with E-state index >= 15 is 0 Å². The molecule has 148 valence electrons. The Morgan fingerprint density at radius 3 is 2.44 bits per heavy atom. The van der Waals surface area contributed by atoms with Gasteiger partial charge in [0.05, 0.1) is 5.56 Å². The third kappa shape index (κ3) is 7.42. The van der Waals surface area contributed by atoms with Gasteiger partial charge in [0, 0.05) is 23.6 Å². The van der Waals surface area contributed by atoms with Crippen molar-refractivity contribution in [1.29, 1.82) is 0 Å². The van der Waals surface area contributed by atoms with Crippen LogP contribution in [0, 0.1) is 0 Å². The minimum atomic E-state index is -4.33. The number of aldehydes is 1. The van der Waals surface area contributed by atoms with Gasteiger partial charge >= 0.3 is 6.18 Å². The zero-order valence-corrected chi connectivity index (χ0v) is 16.0. The Hall–Kier alpha value is -2.35. The molecule has 3 N–H and O–H groups in total. The SMILES string of the molecule is CNc1sc2c(c1C(N)=O)CCCC2.C\C=C/C(C=O)=C\C=C\C(F)(F)F. The van der Waals surface area contributed by atoms with Crippen molar-refractivity contribution in [3.8, 4) is 0 Å². The fourth-order valence-electron chi connectivity index (χ4n) is 2.60. The Bertz CT molecular complexity index is 747. The molecule has 0 aromatic carbocycles. The van der Waals surface area contributed by atoms with Crippen molar-refractivity contribution in [3.63, 3.8) is 0 Å². The Labute approximate surface area is 160 Å². The van der Waals surface area contributed by atoms with E-state index in [4.69, 9.17) is 5.73 Å². The van der Waals surface area contributed by atoms with E-state index in [1.807, 2.05) is 7.05 Å². The van der Waals surface area contributed by atoms with Crippen molar-refractivity contribution in [3.05, 3.63) is 52.0 Å². The highest BCUT2D eigenvalue weighted by molar-refractivity contribution is 7.16. The Morgan fingerprint density at radius 1 is 1.26 bits per heavy atom. The Morgan fingerprint density at radius 2 is 1.93 bits per heavy atom. The number of aryl methyl sites for hydroxylation is 1. The molecule has 8 heteroatoms. The van der Waals surface area contributed by atoms with E-state index in [1.165, 1.54) is 29.4 Å². The van der Waals surface area contributed by atoms with Gasteiger partial charge in [0.25, 0.3) is 5.91 Å². The molecule has 1 amide bonds. The van der Waals surface area contributed by atoms with Gasteiger partial charge in [0.2, 0.25) is 0 Å². The summed E-state index contributed by atoms with van der Waals surface area (Å²) in [5.41, 5.74) is 7.51. The monoisotopic (exact) mass is 400 g/mol. The van der Waals surface area contributed by atoms with Crippen LogP contribution in [0.2, 0.25) is 0 Å². The van der Waals surface area contributed by atoms with Crippen LogP contribution in [-0.2, 0) is 17.6 Å². The minimum Gasteiger partial charge on any atom is -0.379 e. The number of fused-ring (bicyclic) bond motifs is 1. The molecule has 0 saturated heterocycles. The number of nitrogens with two attached hydrogens (primary N) is 1. The average molecular weight is 400 g/mol. The highest BCUT2D eigenvalue weighted by Crippen LogP contribution is 2.37. The van der Waals surface area contributed by atoms with Crippen LogP contribution in [0.4, 0.5) is 18.2 Å². The quantitative estimate of drug-likeness (QED) is 0.432. The molecule has 1 aromatic rings. The standard InChI is InChI=1S/C10H14N2OS.C9H9F3O/c1-12-10-8(9(11)13)6-4-2-3-5-7(6)14-10;1-2-4-8(7-13)5-3-6-9(10,11)12/h12H,2-5H2,1H3,(H2,11,13);2-7H,1H3/b;4-2-,6-3+,8-5+. The van der Waals surface area contributed by atoms with E-state index in [1.54, 1.807) is 24.3 Å². The minimum absolute atomic E-state index is 0.0694. The van der Waals surface area contributed by atoms with Gasteiger partial charge in [-0.25, -0.2) is 0 Å². The molecule has 0 spiro atoms. The van der Waals surface area contributed by atoms with Crippen LogP contribution in [0.3, 0.4) is 0 Å².